The van der Waals surface area contributed by atoms with Gasteiger partial charge >= 0.3 is 0 Å². The average Bonchev–Trinajstić information content (AvgIpc) is 2.99. The number of carbonyl (C=O) groups excluding carboxylic acids is 2. The molecule has 0 spiro atoms. The number of carbonyl (C=O) groups is 2. The van der Waals surface area contributed by atoms with Crippen LogP contribution in [-0.4, -0.2) is 23.3 Å². The monoisotopic (exact) mass is 321 g/mol. The van der Waals surface area contributed by atoms with Crippen LogP contribution in [0.4, 0.5) is 4.39 Å². The molecular formula is C15H16FN3O2S. The minimum Gasteiger partial charge on any atom is -0.347 e. The number of halogens is 1. The van der Waals surface area contributed by atoms with E-state index < -0.39 is 0 Å². The number of rotatable bonds is 6. The van der Waals surface area contributed by atoms with E-state index in [0.29, 0.717) is 5.56 Å². The van der Waals surface area contributed by atoms with Crippen LogP contribution in [-0.2, 0) is 16.0 Å². The average molecular weight is 321 g/mol. The predicted molar refractivity (Wildman–Crippen MR) is 81.8 cm³/mol. The van der Waals surface area contributed by atoms with Crippen molar-refractivity contribution in [3.8, 4) is 0 Å². The van der Waals surface area contributed by atoms with Gasteiger partial charge in [0.05, 0.1) is 19.0 Å². The lowest BCUT2D eigenvalue weighted by molar-refractivity contribution is -0.126. The van der Waals surface area contributed by atoms with Crippen molar-refractivity contribution < 1.29 is 14.0 Å². The number of aromatic nitrogens is 1. The van der Waals surface area contributed by atoms with Gasteiger partial charge in [0.25, 0.3) is 0 Å². The lowest BCUT2D eigenvalue weighted by Crippen LogP contribution is -2.38. The lowest BCUT2D eigenvalue weighted by Gasteiger charge is -2.11. The molecule has 1 heterocycles. The molecule has 1 atom stereocenters. The second kappa shape index (κ2) is 7.65. The first-order valence-corrected chi connectivity index (χ1v) is 7.62. The van der Waals surface area contributed by atoms with Crippen LogP contribution < -0.4 is 10.6 Å². The van der Waals surface area contributed by atoms with Crippen molar-refractivity contribution in [2.45, 2.75) is 19.4 Å². The van der Waals surface area contributed by atoms with Crippen LogP contribution in [0.25, 0.3) is 0 Å². The van der Waals surface area contributed by atoms with Gasteiger partial charge in [-0.05, 0) is 24.6 Å². The van der Waals surface area contributed by atoms with Crippen molar-refractivity contribution in [3.63, 3.8) is 0 Å². The minimum absolute atomic E-state index is 0.0348. The molecule has 0 aliphatic carbocycles. The maximum absolute atomic E-state index is 13.0. The van der Waals surface area contributed by atoms with Gasteiger partial charge in [-0.1, -0.05) is 12.1 Å². The van der Waals surface area contributed by atoms with Crippen molar-refractivity contribution in [2.24, 2.45) is 0 Å². The van der Waals surface area contributed by atoms with Crippen molar-refractivity contribution >= 4 is 23.2 Å². The summed E-state index contributed by atoms with van der Waals surface area (Å²) in [6, 6.07) is 5.61. The summed E-state index contributed by atoms with van der Waals surface area (Å²) in [5, 5.41) is 7.89. The van der Waals surface area contributed by atoms with E-state index in [9.17, 15) is 14.0 Å². The van der Waals surface area contributed by atoms with E-state index in [2.05, 4.69) is 15.6 Å². The second-order valence-electron chi connectivity index (χ2n) is 4.74. The second-order valence-corrected chi connectivity index (χ2v) is 5.67. The molecule has 0 aliphatic heterocycles. The molecule has 0 saturated carbocycles. The third-order valence-corrected chi connectivity index (χ3v) is 3.86. The number of nitrogens with zero attached hydrogens (tertiary/aromatic N) is 1. The maximum Gasteiger partial charge on any atom is 0.239 e. The summed E-state index contributed by atoms with van der Waals surface area (Å²) in [4.78, 5) is 27.6. The molecule has 0 radical (unpaired) electrons. The topological polar surface area (TPSA) is 71.1 Å². The summed E-state index contributed by atoms with van der Waals surface area (Å²) in [6.45, 7) is 1.70. The summed E-state index contributed by atoms with van der Waals surface area (Å²) >= 11 is 1.45. The van der Waals surface area contributed by atoms with E-state index in [0.717, 1.165) is 5.01 Å². The molecule has 116 valence electrons. The van der Waals surface area contributed by atoms with Crippen LogP contribution in [0.5, 0.6) is 0 Å². The fourth-order valence-corrected chi connectivity index (χ4v) is 2.52. The maximum atomic E-state index is 13.0. The van der Waals surface area contributed by atoms with Crippen LogP contribution in [0.2, 0.25) is 0 Å². The molecule has 7 heteroatoms. The molecule has 5 nitrogen and oxygen atoms in total. The molecule has 2 aromatic rings. The molecule has 0 saturated heterocycles. The number of hydrogen-bond donors (Lipinski definition) is 2. The molecule has 2 amide bonds. The predicted octanol–water partition coefficient (Wildman–Crippen LogP) is 1.82. The summed E-state index contributed by atoms with van der Waals surface area (Å²) in [7, 11) is 0. The van der Waals surface area contributed by atoms with E-state index in [1.54, 1.807) is 18.3 Å². The van der Waals surface area contributed by atoms with Crippen LogP contribution in [0.1, 0.15) is 23.5 Å². The van der Waals surface area contributed by atoms with E-state index >= 15 is 0 Å². The number of amides is 2. The highest BCUT2D eigenvalue weighted by molar-refractivity contribution is 7.09. The van der Waals surface area contributed by atoms with Crippen LogP contribution >= 0.6 is 11.3 Å². The van der Waals surface area contributed by atoms with E-state index in [1.807, 2.05) is 12.3 Å². The van der Waals surface area contributed by atoms with Gasteiger partial charge in [-0.25, -0.2) is 9.37 Å². The first-order valence-electron chi connectivity index (χ1n) is 6.74. The Bertz CT molecular complexity index is 646. The molecule has 2 N–H and O–H groups in total. The summed E-state index contributed by atoms with van der Waals surface area (Å²) < 4.78 is 13.0. The number of hydrogen-bond acceptors (Lipinski definition) is 4. The Morgan fingerprint density at radius 3 is 2.86 bits per heavy atom. The quantitative estimate of drug-likeness (QED) is 0.852. The summed E-state index contributed by atoms with van der Waals surface area (Å²) in [5.41, 5.74) is 0.564. The van der Waals surface area contributed by atoms with Crippen LogP contribution in [0.3, 0.4) is 0 Å². The molecule has 0 unspecified atom stereocenters. The Hall–Kier alpha value is -2.28. The van der Waals surface area contributed by atoms with Gasteiger partial charge in [-0.15, -0.1) is 11.3 Å². The zero-order valence-corrected chi connectivity index (χ0v) is 12.8. The van der Waals surface area contributed by atoms with Gasteiger partial charge in [-0.3, -0.25) is 9.59 Å². The normalized spacial score (nSPS) is 11.7. The fourth-order valence-electron chi connectivity index (χ4n) is 1.88. The van der Waals surface area contributed by atoms with Crippen LogP contribution in [0.15, 0.2) is 35.8 Å². The van der Waals surface area contributed by atoms with E-state index in [1.165, 1.54) is 23.5 Å². The molecule has 1 aromatic carbocycles. The third kappa shape index (κ3) is 4.92. The molecule has 1 aromatic heterocycles. The zero-order chi connectivity index (χ0) is 15.9. The van der Waals surface area contributed by atoms with Crippen molar-refractivity contribution in [2.75, 3.05) is 6.54 Å². The zero-order valence-electron chi connectivity index (χ0n) is 12.0. The number of nitrogens with one attached hydrogen (secondary N) is 2. The first kappa shape index (κ1) is 16.1. The van der Waals surface area contributed by atoms with E-state index in [4.69, 9.17) is 0 Å². The SMILES string of the molecule is C[C@H](NC(=O)CNC(=O)Cc1cccc(F)c1)c1nccs1. The van der Waals surface area contributed by atoms with E-state index in [-0.39, 0.29) is 36.6 Å². The third-order valence-electron chi connectivity index (χ3n) is 2.90. The highest BCUT2D eigenvalue weighted by atomic mass is 32.1. The Morgan fingerprint density at radius 1 is 1.36 bits per heavy atom. The summed E-state index contributed by atoms with van der Waals surface area (Å²) in [5.74, 6) is -1.02. The molecule has 22 heavy (non-hydrogen) atoms. The minimum atomic E-state index is -0.389. The molecule has 0 bridgehead atoms. The molecule has 0 aliphatic rings. The summed E-state index contributed by atoms with van der Waals surface area (Å²) in [6.07, 6.45) is 1.70. The van der Waals surface area contributed by atoms with Crippen LogP contribution in [0, 0.1) is 5.82 Å². The molecule has 0 fully saturated rings. The molecular weight excluding hydrogens is 305 g/mol. The molecule has 2 rings (SSSR count). The van der Waals surface area contributed by atoms with Gasteiger partial charge in [0.15, 0.2) is 0 Å². The fraction of sp³-hybridized carbons (Fsp3) is 0.267. The number of benzene rings is 1. The number of thiazole rings is 1. The van der Waals surface area contributed by atoms with Crippen molar-refractivity contribution in [1.82, 2.24) is 15.6 Å². The highest BCUT2D eigenvalue weighted by Gasteiger charge is 2.12. The van der Waals surface area contributed by atoms with Gasteiger partial charge in [0.2, 0.25) is 11.8 Å². The smallest absolute Gasteiger partial charge is 0.239 e. The van der Waals surface area contributed by atoms with Crippen molar-refractivity contribution in [3.05, 3.63) is 52.2 Å². The Morgan fingerprint density at radius 2 is 2.18 bits per heavy atom. The van der Waals surface area contributed by atoms with Gasteiger partial charge in [0, 0.05) is 11.6 Å². The largest absolute Gasteiger partial charge is 0.347 e. The van der Waals surface area contributed by atoms with Gasteiger partial charge < -0.3 is 10.6 Å². The standard InChI is InChI=1S/C15H16FN3O2S/c1-10(15-17-5-6-22-15)19-14(21)9-18-13(20)8-11-3-2-4-12(16)7-11/h2-7,10H,8-9H2,1H3,(H,18,20)(H,19,21)/t10-/m0/s1. The van der Waals surface area contributed by atoms with Gasteiger partial charge in [0.1, 0.15) is 10.8 Å². The first-order chi connectivity index (χ1) is 10.5. The van der Waals surface area contributed by atoms with Gasteiger partial charge in [-0.2, -0.15) is 0 Å². The highest BCUT2D eigenvalue weighted by Crippen LogP contribution is 2.14. The lowest BCUT2D eigenvalue weighted by atomic mass is 10.1. The Labute approximate surface area is 131 Å². The Kier molecular flexibility index (Phi) is 5.60. The Balaban J connectivity index is 1.75. The van der Waals surface area contributed by atoms with Crippen molar-refractivity contribution in [1.29, 1.82) is 0 Å².